The van der Waals surface area contributed by atoms with Gasteiger partial charge in [0.15, 0.2) is 0 Å². The van der Waals surface area contributed by atoms with Crippen LogP contribution in [0.2, 0.25) is 0 Å². The second-order valence-electron chi connectivity index (χ2n) is 3.72. The normalized spacial score (nSPS) is 18.1. The van der Waals surface area contributed by atoms with Crippen molar-refractivity contribution >= 4 is 10.9 Å². The number of rotatable bonds is 1. The fourth-order valence-electron chi connectivity index (χ4n) is 1.87. The molecule has 0 bridgehead atoms. The van der Waals surface area contributed by atoms with Crippen LogP contribution in [-0.2, 0) is 6.54 Å². The van der Waals surface area contributed by atoms with Crippen LogP contribution in [0.4, 0.5) is 0 Å². The SMILES string of the molecule is C=C[C@@H]1Cn2c(nc3ccccc3c2=O)O1. The molecule has 1 atom stereocenters. The van der Waals surface area contributed by atoms with Crippen LogP contribution in [0, 0.1) is 0 Å². The molecule has 0 saturated carbocycles. The molecular weight excluding hydrogens is 204 g/mol. The first-order valence-corrected chi connectivity index (χ1v) is 5.08. The van der Waals surface area contributed by atoms with Gasteiger partial charge in [0.25, 0.3) is 5.56 Å². The number of para-hydroxylation sites is 1. The Hall–Kier alpha value is -2.10. The third-order valence-electron chi connectivity index (χ3n) is 2.71. The predicted molar refractivity (Wildman–Crippen MR) is 60.6 cm³/mol. The van der Waals surface area contributed by atoms with Crippen molar-refractivity contribution in [3.63, 3.8) is 0 Å². The van der Waals surface area contributed by atoms with Crippen molar-refractivity contribution in [2.24, 2.45) is 0 Å². The molecule has 1 aromatic carbocycles. The maximum atomic E-state index is 12.1. The fraction of sp³-hybridized carbons (Fsp3) is 0.167. The topological polar surface area (TPSA) is 44.1 Å². The van der Waals surface area contributed by atoms with E-state index in [4.69, 9.17) is 4.74 Å². The molecular formula is C12H10N2O2. The summed E-state index contributed by atoms with van der Waals surface area (Å²) >= 11 is 0. The van der Waals surface area contributed by atoms with E-state index in [9.17, 15) is 4.79 Å². The van der Waals surface area contributed by atoms with Crippen LogP contribution in [0.5, 0.6) is 6.01 Å². The van der Waals surface area contributed by atoms with Gasteiger partial charge in [-0.25, -0.2) is 0 Å². The number of hydrogen-bond acceptors (Lipinski definition) is 3. The Kier molecular flexibility index (Phi) is 1.83. The molecule has 0 radical (unpaired) electrons. The maximum Gasteiger partial charge on any atom is 0.300 e. The molecule has 1 aromatic heterocycles. The van der Waals surface area contributed by atoms with Gasteiger partial charge in [-0.1, -0.05) is 18.7 Å². The Morgan fingerprint density at radius 3 is 3.12 bits per heavy atom. The van der Waals surface area contributed by atoms with Gasteiger partial charge in [0.05, 0.1) is 17.4 Å². The molecule has 16 heavy (non-hydrogen) atoms. The van der Waals surface area contributed by atoms with E-state index in [0.717, 1.165) is 0 Å². The monoisotopic (exact) mass is 214 g/mol. The van der Waals surface area contributed by atoms with Crippen molar-refractivity contribution in [3.8, 4) is 6.01 Å². The second kappa shape index (κ2) is 3.20. The summed E-state index contributed by atoms with van der Waals surface area (Å²) < 4.78 is 7.03. The van der Waals surface area contributed by atoms with Crippen LogP contribution in [-0.4, -0.2) is 15.7 Å². The lowest BCUT2D eigenvalue weighted by Gasteiger charge is -2.01. The Morgan fingerprint density at radius 2 is 2.31 bits per heavy atom. The number of aromatic nitrogens is 2. The van der Waals surface area contributed by atoms with E-state index in [1.165, 1.54) is 0 Å². The van der Waals surface area contributed by atoms with E-state index < -0.39 is 0 Å². The van der Waals surface area contributed by atoms with E-state index in [-0.39, 0.29) is 11.7 Å². The molecule has 2 heterocycles. The zero-order valence-electron chi connectivity index (χ0n) is 8.59. The van der Waals surface area contributed by atoms with Crippen LogP contribution in [0.1, 0.15) is 0 Å². The number of benzene rings is 1. The Morgan fingerprint density at radius 1 is 1.50 bits per heavy atom. The summed E-state index contributed by atoms with van der Waals surface area (Å²) in [5, 5.41) is 0.625. The number of fused-ring (bicyclic) bond motifs is 2. The standard InChI is InChI=1S/C12H10N2O2/c1-2-8-7-14-11(15)9-5-3-4-6-10(9)13-12(14)16-8/h2-6,8H,1,7H2/t8-/m1/s1. The van der Waals surface area contributed by atoms with Gasteiger partial charge < -0.3 is 4.74 Å². The van der Waals surface area contributed by atoms with Crippen molar-refractivity contribution < 1.29 is 4.74 Å². The number of nitrogens with zero attached hydrogens (tertiary/aromatic N) is 2. The minimum absolute atomic E-state index is 0.0510. The summed E-state index contributed by atoms with van der Waals surface area (Å²) in [5.41, 5.74) is 0.619. The van der Waals surface area contributed by atoms with Crippen LogP contribution in [0.15, 0.2) is 41.7 Å². The Bertz CT molecular complexity index is 630. The van der Waals surface area contributed by atoms with Crippen molar-refractivity contribution in [2.45, 2.75) is 12.6 Å². The lowest BCUT2D eigenvalue weighted by Crippen LogP contribution is -2.19. The average Bonchev–Trinajstić information content (AvgIpc) is 2.73. The van der Waals surface area contributed by atoms with Crippen LogP contribution >= 0.6 is 0 Å². The van der Waals surface area contributed by atoms with E-state index in [1.807, 2.05) is 18.2 Å². The highest BCUT2D eigenvalue weighted by Crippen LogP contribution is 2.20. The van der Waals surface area contributed by atoms with E-state index in [2.05, 4.69) is 11.6 Å². The van der Waals surface area contributed by atoms with Crippen molar-refractivity contribution in [3.05, 3.63) is 47.3 Å². The lowest BCUT2D eigenvalue weighted by atomic mass is 10.2. The van der Waals surface area contributed by atoms with Crippen LogP contribution < -0.4 is 10.3 Å². The van der Waals surface area contributed by atoms with Gasteiger partial charge in [0.2, 0.25) is 0 Å². The third kappa shape index (κ3) is 1.16. The third-order valence-corrected chi connectivity index (χ3v) is 2.71. The predicted octanol–water partition coefficient (Wildman–Crippen LogP) is 1.34. The van der Waals surface area contributed by atoms with Crippen LogP contribution in [0.25, 0.3) is 10.9 Å². The summed E-state index contributed by atoms with van der Waals surface area (Å²) in [6, 6.07) is 7.65. The highest BCUT2D eigenvalue weighted by Gasteiger charge is 2.23. The molecule has 1 aliphatic heterocycles. The molecule has 80 valence electrons. The molecule has 4 nitrogen and oxygen atoms in total. The minimum atomic E-state index is -0.156. The molecule has 4 heteroatoms. The average molecular weight is 214 g/mol. The first-order valence-electron chi connectivity index (χ1n) is 5.08. The first-order chi connectivity index (χ1) is 7.79. The summed E-state index contributed by atoms with van der Waals surface area (Å²) in [6.45, 7) is 4.15. The molecule has 0 saturated heterocycles. The van der Waals surface area contributed by atoms with Gasteiger partial charge in [0.1, 0.15) is 6.10 Å². The second-order valence-corrected chi connectivity index (χ2v) is 3.72. The number of ether oxygens (including phenoxy) is 1. The molecule has 0 unspecified atom stereocenters. The molecule has 1 aliphatic rings. The quantitative estimate of drug-likeness (QED) is 0.673. The maximum absolute atomic E-state index is 12.1. The highest BCUT2D eigenvalue weighted by atomic mass is 16.5. The van der Waals surface area contributed by atoms with E-state index in [1.54, 1.807) is 16.7 Å². The molecule has 3 rings (SSSR count). The fourth-order valence-corrected chi connectivity index (χ4v) is 1.87. The Labute approximate surface area is 91.8 Å². The van der Waals surface area contributed by atoms with E-state index >= 15 is 0 Å². The summed E-state index contributed by atoms with van der Waals surface area (Å²) in [4.78, 5) is 16.4. The van der Waals surface area contributed by atoms with Gasteiger partial charge in [-0.2, -0.15) is 4.98 Å². The molecule has 2 aromatic rings. The zero-order valence-corrected chi connectivity index (χ0v) is 8.59. The number of hydrogen-bond donors (Lipinski definition) is 0. The molecule has 0 N–H and O–H groups in total. The van der Waals surface area contributed by atoms with Crippen molar-refractivity contribution in [2.75, 3.05) is 0 Å². The van der Waals surface area contributed by atoms with E-state index in [0.29, 0.717) is 23.5 Å². The highest BCUT2D eigenvalue weighted by molar-refractivity contribution is 5.77. The van der Waals surface area contributed by atoms with Gasteiger partial charge in [-0.3, -0.25) is 9.36 Å². The largest absolute Gasteiger partial charge is 0.455 e. The molecule has 0 amide bonds. The summed E-state index contributed by atoms with van der Waals surface area (Å²) in [7, 11) is 0. The first kappa shape index (κ1) is 9.15. The van der Waals surface area contributed by atoms with Crippen molar-refractivity contribution in [1.82, 2.24) is 9.55 Å². The molecule has 0 spiro atoms. The Balaban J connectivity index is 2.31. The van der Waals surface area contributed by atoms with Crippen LogP contribution in [0.3, 0.4) is 0 Å². The molecule has 0 aliphatic carbocycles. The van der Waals surface area contributed by atoms with Gasteiger partial charge in [-0.15, -0.1) is 0 Å². The van der Waals surface area contributed by atoms with Gasteiger partial charge >= 0.3 is 6.01 Å². The lowest BCUT2D eigenvalue weighted by molar-refractivity contribution is 0.275. The smallest absolute Gasteiger partial charge is 0.300 e. The van der Waals surface area contributed by atoms with Crippen molar-refractivity contribution in [1.29, 1.82) is 0 Å². The van der Waals surface area contributed by atoms with Gasteiger partial charge in [0, 0.05) is 0 Å². The minimum Gasteiger partial charge on any atom is -0.455 e. The zero-order chi connectivity index (χ0) is 11.1. The van der Waals surface area contributed by atoms with Gasteiger partial charge in [-0.05, 0) is 18.2 Å². The summed E-state index contributed by atoms with van der Waals surface area (Å²) in [6.07, 6.45) is 1.52. The molecule has 0 fully saturated rings. The summed E-state index contributed by atoms with van der Waals surface area (Å²) in [5.74, 6) is 0.